The molecule has 1 atom stereocenters. The van der Waals surface area contributed by atoms with E-state index >= 15 is 0 Å². The van der Waals surface area contributed by atoms with E-state index < -0.39 is 0 Å². The summed E-state index contributed by atoms with van der Waals surface area (Å²) < 4.78 is 0. The molecule has 1 nitrogen and oxygen atoms in total. The van der Waals surface area contributed by atoms with Gasteiger partial charge in [-0.3, -0.25) is 0 Å². The van der Waals surface area contributed by atoms with E-state index in [0.717, 1.165) is 18.8 Å². The molecular weight excluding hydrogens is 206 g/mol. The highest BCUT2D eigenvalue weighted by Crippen LogP contribution is 2.26. The first-order valence-corrected chi connectivity index (χ1v) is 7.16. The summed E-state index contributed by atoms with van der Waals surface area (Å²) in [5.41, 5.74) is 9.16. The van der Waals surface area contributed by atoms with Gasteiger partial charge in [0.25, 0.3) is 0 Å². The van der Waals surface area contributed by atoms with Crippen molar-refractivity contribution in [2.24, 2.45) is 11.7 Å². The maximum absolute atomic E-state index is 6.29. The average molecular weight is 235 g/mol. The van der Waals surface area contributed by atoms with Crippen molar-refractivity contribution in [3.63, 3.8) is 0 Å². The van der Waals surface area contributed by atoms with Gasteiger partial charge in [-0.1, -0.05) is 42.6 Å². The molecule has 2 N–H and O–H groups in total. The summed E-state index contributed by atoms with van der Waals surface area (Å²) in [5.74, 6) is 0.738. The molecule has 0 aromatic heterocycles. The molecule has 17 heavy (non-hydrogen) atoms. The van der Waals surface area contributed by atoms with Crippen molar-refractivity contribution in [3.8, 4) is 0 Å². The molecule has 0 radical (unpaired) electrons. The van der Waals surface area contributed by atoms with E-state index in [0.29, 0.717) is 6.04 Å². The first kappa shape index (κ1) is 14.5. The van der Waals surface area contributed by atoms with Gasteiger partial charge in [-0.2, -0.15) is 0 Å². The van der Waals surface area contributed by atoms with E-state index in [1.165, 1.54) is 43.3 Å². The highest BCUT2D eigenvalue weighted by Gasteiger charge is 2.18. The molecule has 1 aliphatic rings. The number of rotatable bonds is 5. The lowest BCUT2D eigenvalue weighted by molar-refractivity contribution is 0.331. The molecule has 0 aliphatic heterocycles. The second kappa shape index (κ2) is 7.71. The molecule has 0 saturated heterocycles. The van der Waals surface area contributed by atoms with Crippen molar-refractivity contribution in [3.05, 3.63) is 23.3 Å². The molecule has 1 rings (SSSR count). The minimum absolute atomic E-state index is 0.294. The van der Waals surface area contributed by atoms with Crippen LogP contribution in [0.1, 0.15) is 65.7 Å². The lowest BCUT2D eigenvalue weighted by Crippen LogP contribution is -2.29. The van der Waals surface area contributed by atoms with E-state index in [2.05, 4.69) is 32.9 Å². The molecule has 0 aromatic rings. The van der Waals surface area contributed by atoms with Crippen LogP contribution in [0, 0.1) is 5.92 Å². The van der Waals surface area contributed by atoms with Crippen LogP contribution in [-0.2, 0) is 0 Å². The van der Waals surface area contributed by atoms with Crippen molar-refractivity contribution in [2.75, 3.05) is 0 Å². The first-order valence-electron chi connectivity index (χ1n) is 7.16. The second-order valence-corrected chi connectivity index (χ2v) is 5.81. The third kappa shape index (κ3) is 6.07. The van der Waals surface area contributed by atoms with Crippen molar-refractivity contribution < 1.29 is 0 Å². The van der Waals surface area contributed by atoms with Crippen LogP contribution in [0.5, 0.6) is 0 Å². The highest BCUT2D eigenvalue weighted by molar-refractivity contribution is 5.07. The fourth-order valence-corrected chi connectivity index (χ4v) is 2.66. The molecule has 0 spiro atoms. The molecule has 1 saturated carbocycles. The van der Waals surface area contributed by atoms with Crippen LogP contribution in [-0.4, -0.2) is 6.04 Å². The van der Waals surface area contributed by atoms with Gasteiger partial charge in [-0.25, -0.2) is 0 Å². The van der Waals surface area contributed by atoms with Crippen LogP contribution in [0.25, 0.3) is 0 Å². The lowest BCUT2D eigenvalue weighted by atomic mass is 9.83. The highest BCUT2D eigenvalue weighted by atomic mass is 14.6. The molecular formula is C16H29N. The fourth-order valence-electron chi connectivity index (χ4n) is 2.66. The Bertz CT molecular complexity index is 265. The van der Waals surface area contributed by atoms with E-state index in [-0.39, 0.29) is 0 Å². The van der Waals surface area contributed by atoms with Crippen LogP contribution in [0.3, 0.4) is 0 Å². The Balaban J connectivity index is 2.35. The van der Waals surface area contributed by atoms with Gasteiger partial charge in [0.2, 0.25) is 0 Å². The molecule has 0 heterocycles. The molecule has 1 heteroatoms. The predicted molar refractivity (Wildman–Crippen MR) is 77.0 cm³/mol. The van der Waals surface area contributed by atoms with Crippen molar-refractivity contribution in [2.45, 2.75) is 71.8 Å². The standard InChI is InChI=1S/C16H29N/c1-13(2)8-7-9-14(3)12-16(17)15-10-5-4-6-11-15/h8,12,15-16H,4-7,9-11,17H2,1-3H3. The summed E-state index contributed by atoms with van der Waals surface area (Å²) in [6, 6.07) is 0.294. The molecule has 1 aliphatic carbocycles. The van der Waals surface area contributed by atoms with Crippen LogP contribution >= 0.6 is 0 Å². The fraction of sp³-hybridized carbons (Fsp3) is 0.750. The summed E-state index contributed by atoms with van der Waals surface area (Å²) in [6.07, 6.45) is 13.8. The predicted octanol–water partition coefficient (Wildman–Crippen LogP) is 4.59. The van der Waals surface area contributed by atoms with Gasteiger partial charge in [-0.15, -0.1) is 0 Å². The minimum atomic E-state index is 0.294. The van der Waals surface area contributed by atoms with Gasteiger partial charge in [0.05, 0.1) is 0 Å². The number of nitrogens with two attached hydrogens (primary N) is 1. The summed E-state index contributed by atoms with van der Waals surface area (Å²) in [7, 11) is 0. The van der Waals surface area contributed by atoms with Crippen LogP contribution in [0.2, 0.25) is 0 Å². The summed E-state index contributed by atoms with van der Waals surface area (Å²) in [5, 5.41) is 0. The van der Waals surface area contributed by atoms with Gasteiger partial charge >= 0.3 is 0 Å². The van der Waals surface area contributed by atoms with E-state index in [1.54, 1.807) is 0 Å². The summed E-state index contributed by atoms with van der Waals surface area (Å²) in [6.45, 7) is 6.54. The largest absolute Gasteiger partial charge is 0.324 e. The van der Waals surface area contributed by atoms with Crippen molar-refractivity contribution >= 4 is 0 Å². The number of hydrogen-bond acceptors (Lipinski definition) is 1. The molecule has 98 valence electrons. The number of allylic oxidation sites excluding steroid dienone is 3. The number of hydrogen-bond donors (Lipinski definition) is 1. The lowest BCUT2D eigenvalue weighted by Gasteiger charge is -2.26. The zero-order chi connectivity index (χ0) is 12.7. The van der Waals surface area contributed by atoms with Gasteiger partial charge in [-0.05, 0) is 52.4 Å². The molecule has 0 aromatic carbocycles. The Morgan fingerprint density at radius 3 is 2.41 bits per heavy atom. The first-order chi connectivity index (χ1) is 8.09. The molecule has 0 bridgehead atoms. The Morgan fingerprint density at radius 1 is 1.18 bits per heavy atom. The topological polar surface area (TPSA) is 26.0 Å². The molecule has 1 unspecified atom stereocenters. The third-order valence-corrected chi connectivity index (χ3v) is 3.76. The minimum Gasteiger partial charge on any atom is -0.324 e. The van der Waals surface area contributed by atoms with E-state index in [9.17, 15) is 0 Å². The smallest absolute Gasteiger partial charge is 0.0254 e. The molecule has 0 amide bonds. The molecule has 1 fully saturated rings. The van der Waals surface area contributed by atoms with Gasteiger partial charge in [0.1, 0.15) is 0 Å². The Labute approximate surface area is 107 Å². The van der Waals surface area contributed by atoms with Crippen LogP contribution in [0.4, 0.5) is 0 Å². The van der Waals surface area contributed by atoms with Crippen molar-refractivity contribution in [1.82, 2.24) is 0 Å². The Kier molecular flexibility index (Phi) is 6.57. The van der Waals surface area contributed by atoms with Crippen molar-refractivity contribution in [1.29, 1.82) is 0 Å². The van der Waals surface area contributed by atoms with Crippen LogP contribution < -0.4 is 5.73 Å². The normalized spacial score (nSPS) is 20.1. The Morgan fingerprint density at radius 2 is 1.82 bits per heavy atom. The summed E-state index contributed by atoms with van der Waals surface area (Å²) in [4.78, 5) is 0. The summed E-state index contributed by atoms with van der Waals surface area (Å²) >= 11 is 0. The zero-order valence-electron chi connectivity index (χ0n) is 11.8. The van der Waals surface area contributed by atoms with Crippen LogP contribution in [0.15, 0.2) is 23.3 Å². The Hall–Kier alpha value is -0.560. The SMILES string of the molecule is CC(C)=CCCC(C)=CC(N)C1CCCCC1. The van der Waals surface area contributed by atoms with Gasteiger partial charge in [0.15, 0.2) is 0 Å². The maximum Gasteiger partial charge on any atom is 0.0254 e. The van der Waals surface area contributed by atoms with E-state index in [1.807, 2.05) is 0 Å². The third-order valence-electron chi connectivity index (χ3n) is 3.76. The van der Waals surface area contributed by atoms with Gasteiger partial charge < -0.3 is 5.73 Å². The second-order valence-electron chi connectivity index (χ2n) is 5.81. The van der Waals surface area contributed by atoms with Gasteiger partial charge in [0, 0.05) is 6.04 Å². The monoisotopic (exact) mass is 235 g/mol. The average Bonchev–Trinajstić information content (AvgIpc) is 2.29. The quantitative estimate of drug-likeness (QED) is 0.693. The zero-order valence-corrected chi connectivity index (χ0v) is 11.8. The maximum atomic E-state index is 6.29. The van der Waals surface area contributed by atoms with E-state index in [4.69, 9.17) is 5.73 Å².